The van der Waals surface area contributed by atoms with E-state index in [-0.39, 0.29) is 0 Å². The minimum atomic E-state index is 0.292. The van der Waals surface area contributed by atoms with E-state index >= 15 is 0 Å². The molecule has 0 amide bonds. The molecular weight excluding hydrogens is 164 g/mol. The second-order valence-electron chi connectivity index (χ2n) is 3.59. The van der Waals surface area contributed by atoms with Crippen molar-refractivity contribution in [2.75, 3.05) is 26.7 Å². The molecule has 0 heterocycles. The number of hydrogen-bond acceptors (Lipinski definition) is 3. The van der Waals surface area contributed by atoms with Crippen molar-refractivity contribution in [2.24, 2.45) is 11.7 Å². The molecule has 13 heavy (non-hydrogen) atoms. The van der Waals surface area contributed by atoms with Crippen LogP contribution in [0.15, 0.2) is 0 Å². The van der Waals surface area contributed by atoms with Gasteiger partial charge in [0, 0.05) is 13.7 Å². The molecule has 0 aliphatic heterocycles. The lowest BCUT2D eigenvalue weighted by Gasteiger charge is -2.16. The molecule has 0 aromatic rings. The second kappa shape index (κ2) is 8.48. The van der Waals surface area contributed by atoms with Gasteiger partial charge < -0.3 is 15.8 Å². The van der Waals surface area contributed by atoms with Crippen LogP contribution in [0.3, 0.4) is 0 Å². The average Bonchev–Trinajstić information content (AvgIpc) is 2.16. The first-order valence-corrected chi connectivity index (χ1v) is 5.18. The van der Waals surface area contributed by atoms with Crippen LogP contribution in [0.5, 0.6) is 0 Å². The third-order valence-electron chi connectivity index (χ3n) is 2.30. The summed E-state index contributed by atoms with van der Waals surface area (Å²) in [6, 6.07) is 0. The molecule has 0 aromatic carbocycles. The fourth-order valence-corrected chi connectivity index (χ4v) is 1.29. The van der Waals surface area contributed by atoms with Crippen molar-refractivity contribution in [3.63, 3.8) is 0 Å². The highest BCUT2D eigenvalue weighted by molar-refractivity contribution is 4.64. The third kappa shape index (κ3) is 6.99. The quantitative estimate of drug-likeness (QED) is 0.597. The SMILES string of the molecule is CCCC(CN)CNCC(C)OC. The maximum absolute atomic E-state index is 5.64. The molecule has 2 unspecified atom stereocenters. The first-order valence-electron chi connectivity index (χ1n) is 5.18. The standard InChI is InChI=1S/C10H24N2O/c1-4-5-10(6-11)8-12-7-9(2)13-3/h9-10,12H,4-8,11H2,1-3H3. The Bertz CT molecular complexity index is 109. The Labute approximate surface area is 82.0 Å². The molecule has 0 aromatic heterocycles. The van der Waals surface area contributed by atoms with E-state index in [0.29, 0.717) is 12.0 Å². The van der Waals surface area contributed by atoms with Crippen molar-refractivity contribution >= 4 is 0 Å². The molecule has 0 saturated heterocycles. The van der Waals surface area contributed by atoms with Gasteiger partial charge in [-0.25, -0.2) is 0 Å². The van der Waals surface area contributed by atoms with Gasteiger partial charge in [0.1, 0.15) is 0 Å². The maximum Gasteiger partial charge on any atom is 0.0667 e. The Morgan fingerprint density at radius 3 is 2.54 bits per heavy atom. The van der Waals surface area contributed by atoms with Crippen molar-refractivity contribution < 1.29 is 4.74 Å². The fraction of sp³-hybridized carbons (Fsp3) is 1.00. The monoisotopic (exact) mass is 188 g/mol. The minimum absolute atomic E-state index is 0.292. The summed E-state index contributed by atoms with van der Waals surface area (Å²) >= 11 is 0. The summed E-state index contributed by atoms with van der Waals surface area (Å²) in [6.07, 6.45) is 2.72. The normalized spacial score (nSPS) is 15.7. The lowest BCUT2D eigenvalue weighted by atomic mass is 10.0. The molecule has 3 nitrogen and oxygen atoms in total. The predicted molar refractivity (Wildman–Crippen MR) is 56.8 cm³/mol. The van der Waals surface area contributed by atoms with Crippen LogP contribution in [0.1, 0.15) is 26.7 Å². The molecule has 80 valence electrons. The summed E-state index contributed by atoms with van der Waals surface area (Å²) in [4.78, 5) is 0. The molecule has 2 atom stereocenters. The zero-order chi connectivity index (χ0) is 10.1. The summed E-state index contributed by atoms with van der Waals surface area (Å²) in [5.41, 5.74) is 5.64. The first kappa shape index (κ1) is 12.9. The number of nitrogens with one attached hydrogen (secondary N) is 1. The van der Waals surface area contributed by atoms with Crippen molar-refractivity contribution in [1.29, 1.82) is 0 Å². The largest absolute Gasteiger partial charge is 0.380 e. The Kier molecular flexibility index (Phi) is 8.40. The smallest absolute Gasteiger partial charge is 0.0667 e. The number of nitrogens with two attached hydrogens (primary N) is 1. The summed E-state index contributed by atoms with van der Waals surface area (Å²) < 4.78 is 5.13. The van der Waals surface area contributed by atoms with E-state index in [9.17, 15) is 0 Å². The van der Waals surface area contributed by atoms with E-state index in [1.165, 1.54) is 12.8 Å². The van der Waals surface area contributed by atoms with Crippen molar-refractivity contribution in [2.45, 2.75) is 32.8 Å². The lowest BCUT2D eigenvalue weighted by Crippen LogP contribution is -2.33. The highest BCUT2D eigenvalue weighted by atomic mass is 16.5. The number of hydrogen-bond donors (Lipinski definition) is 2. The first-order chi connectivity index (χ1) is 6.24. The topological polar surface area (TPSA) is 47.3 Å². The van der Waals surface area contributed by atoms with Gasteiger partial charge in [-0.2, -0.15) is 0 Å². The van der Waals surface area contributed by atoms with Crippen LogP contribution < -0.4 is 11.1 Å². The summed E-state index contributed by atoms with van der Waals surface area (Å²) in [5, 5.41) is 3.37. The highest BCUT2D eigenvalue weighted by Gasteiger charge is 2.05. The molecule has 0 aliphatic carbocycles. The molecule has 0 bridgehead atoms. The number of methoxy groups -OCH3 is 1. The van der Waals surface area contributed by atoms with Crippen molar-refractivity contribution in [3.8, 4) is 0 Å². The Morgan fingerprint density at radius 2 is 2.08 bits per heavy atom. The van der Waals surface area contributed by atoms with E-state index in [4.69, 9.17) is 10.5 Å². The van der Waals surface area contributed by atoms with Crippen LogP contribution in [0, 0.1) is 5.92 Å². The van der Waals surface area contributed by atoms with Gasteiger partial charge in [-0.3, -0.25) is 0 Å². The van der Waals surface area contributed by atoms with Gasteiger partial charge in [-0.05, 0) is 32.4 Å². The molecule has 3 N–H and O–H groups in total. The van der Waals surface area contributed by atoms with Gasteiger partial charge in [0.05, 0.1) is 6.10 Å². The molecule has 0 rings (SSSR count). The van der Waals surface area contributed by atoms with Gasteiger partial charge in [-0.15, -0.1) is 0 Å². The van der Waals surface area contributed by atoms with E-state index in [0.717, 1.165) is 19.6 Å². The number of ether oxygens (including phenoxy) is 1. The maximum atomic E-state index is 5.64. The molecular formula is C10H24N2O. The summed E-state index contributed by atoms with van der Waals surface area (Å²) in [5.74, 6) is 0.619. The van der Waals surface area contributed by atoms with Crippen LogP contribution in [0.25, 0.3) is 0 Å². The summed E-state index contributed by atoms with van der Waals surface area (Å²) in [7, 11) is 1.73. The summed E-state index contributed by atoms with van der Waals surface area (Å²) in [6.45, 7) is 6.96. The van der Waals surface area contributed by atoms with Crippen LogP contribution in [0.4, 0.5) is 0 Å². The van der Waals surface area contributed by atoms with Gasteiger partial charge in [0.25, 0.3) is 0 Å². The van der Waals surface area contributed by atoms with Crippen molar-refractivity contribution in [1.82, 2.24) is 5.32 Å². The van der Waals surface area contributed by atoms with E-state index in [1.807, 2.05) is 0 Å². The molecule has 0 fully saturated rings. The van der Waals surface area contributed by atoms with Crippen LogP contribution in [-0.2, 0) is 4.74 Å². The molecule has 0 spiro atoms. The van der Waals surface area contributed by atoms with Crippen LogP contribution in [0.2, 0.25) is 0 Å². The van der Waals surface area contributed by atoms with Crippen molar-refractivity contribution in [3.05, 3.63) is 0 Å². The molecule has 0 aliphatic rings. The van der Waals surface area contributed by atoms with E-state index in [2.05, 4.69) is 19.2 Å². The van der Waals surface area contributed by atoms with Gasteiger partial charge >= 0.3 is 0 Å². The zero-order valence-corrected chi connectivity index (χ0v) is 9.18. The Balaban J connectivity index is 3.37. The lowest BCUT2D eigenvalue weighted by molar-refractivity contribution is 0.116. The highest BCUT2D eigenvalue weighted by Crippen LogP contribution is 2.02. The zero-order valence-electron chi connectivity index (χ0n) is 9.18. The second-order valence-corrected chi connectivity index (χ2v) is 3.59. The molecule has 0 radical (unpaired) electrons. The van der Waals surface area contributed by atoms with Gasteiger partial charge in [0.15, 0.2) is 0 Å². The van der Waals surface area contributed by atoms with Gasteiger partial charge in [-0.1, -0.05) is 13.3 Å². The van der Waals surface area contributed by atoms with E-state index in [1.54, 1.807) is 7.11 Å². The number of rotatable bonds is 8. The molecule has 3 heteroatoms. The Morgan fingerprint density at radius 1 is 1.38 bits per heavy atom. The van der Waals surface area contributed by atoms with E-state index < -0.39 is 0 Å². The Hall–Kier alpha value is -0.120. The minimum Gasteiger partial charge on any atom is -0.380 e. The predicted octanol–water partition coefficient (Wildman–Crippen LogP) is 0.986. The van der Waals surface area contributed by atoms with Gasteiger partial charge in [0.2, 0.25) is 0 Å². The third-order valence-corrected chi connectivity index (χ3v) is 2.30. The fourth-order valence-electron chi connectivity index (χ4n) is 1.29. The molecule has 0 saturated carbocycles. The van der Waals surface area contributed by atoms with Crippen LogP contribution in [-0.4, -0.2) is 32.8 Å². The van der Waals surface area contributed by atoms with Crippen LogP contribution >= 0.6 is 0 Å². The average molecular weight is 188 g/mol.